The molecule has 3 aromatic rings. The second-order valence-corrected chi connectivity index (χ2v) is 7.79. The maximum Gasteiger partial charge on any atom is 0.240 e. The molecule has 1 saturated heterocycles. The minimum Gasteiger partial charge on any atom is -0.497 e. The van der Waals surface area contributed by atoms with E-state index in [1.54, 1.807) is 7.11 Å². The number of nitrogens with one attached hydrogen (secondary N) is 1. The maximum atomic E-state index is 12.9. The molecule has 4 rings (SSSR count). The van der Waals surface area contributed by atoms with E-state index in [1.165, 1.54) is 18.4 Å². The number of carbonyl (C=O) groups excluding carboxylic acids is 1. The van der Waals surface area contributed by atoms with E-state index in [1.807, 2.05) is 41.0 Å². The fraction of sp³-hybridized carbons (Fsp3) is 0.417. The molecule has 158 valence electrons. The Hall–Kier alpha value is -2.86. The number of methoxy groups -OCH3 is 1. The molecule has 6 nitrogen and oxygen atoms in total. The average molecular weight is 407 g/mol. The lowest BCUT2D eigenvalue weighted by Gasteiger charge is -2.28. The van der Waals surface area contributed by atoms with Crippen LogP contribution in [0.1, 0.15) is 37.2 Å². The average Bonchev–Trinajstić information content (AvgIpc) is 3.43. The molecule has 30 heavy (non-hydrogen) atoms. The van der Waals surface area contributed by atoms with Crippen molar-refractivity contribution in [1.82, 2.24) is 19.8 Å². The molecule has 1 aliphatic heterocycles. The SMILES string of the molecule is CCc1nc2ccccc2n1CC(=O)NC[C@H](c1ccc(OC)cc1)N1CCCC1. The van der Waals surface area contributed by atoms with Gasteiger partial charge < -0.3 is 14.6 Å². The van der Waals surface area contributed by atoms with E-state index >= 15 is 0 Å². The highest BCUT2D eigenvalue weighted by atomic mass is 16.5. The van der Waals surface area contributed by atoms with Gasteiger partial charge >= 0.3 is 0 Å². The van der Waals surface area contributed by atoms with Crippen LogP contribution in [0.2, 0.25) is 0 Å². The molecule has 1 atom stereocenters. The number of aryl methyl sites for hydroxylation is 1. The predicted molar refractivity (Wildman–Crippen MR) is 119 cm³/mol. The first-order valence-electron chi connectivity index (χ1n) is 10.8. The largest absolute Gasteiger partial charge is 0.497 e. The Bertz CT molecular complexity index is 990. The number of benzene rings is 2. The molecule has 0 saturated carbocycles. The van der Waals surface area contributed by atoms with Gasteiger partial charge in [0, 0.05) is 13.0 Å². The lowest BCUT2D eigenvalue weighted by Crippen LogP contribution is -2.38. The molecule has 2 heterocycles. The van der Waals surface area contributed by atoms with Crippen LogP contribution in [-0.4, -0.2) is 47.1 Å². The van der Waals surface area contributed by atoms with Gasteiger partial charge in [-0.15, -0.1) is 0 Å². The van der Waals surface area contributed by atoms with Crippen LogP contribution in [0.25, 0.3) is 11.0 Å². The summed E-state index contributed by atoms with van der Waals surface area (Å²) < 4.78 is 7.33. The first kappa shape index (κ1) is 20.4. The first-order chi connectivity index (χ1) is 14.7. The molecule has 6 heteroatoms. The van der Waals surface area contributed by atoms with Gasteiger partial charge in [0.15, 0.2) is 0 Å². The molecular weight excluding hydrogens is 376 g/mol. The summed E-state index contributed by atoms with van der Waals surface area (Å²) in [5.41, 5.74) is 3.16. The molecule has 1 aliphatic rings. The van der Waals surface area contributed by atoms with E-state index < -0.39 is 0 Å². The van der Waals surface area contributed by atoms with Crippen molar-refractivity contribution in [1.29, 1.82) is 0 Å². The highest BCUT2D eigenvalue weighted by Gasteiger charge is 2.24. The number of imidazole rings is 1. The molecule has 1 N–H and O–H groups in total. The second-order valence-electron chi connectivity index (χ2n) is 7.79. The predicted octanol–water partition coefficient (Wildman–Crippen LogP) is 3.56. The van der Waals surface area contributed by atoms with Gasteiger partial charge in [-0.3, -0.25) is 9.69 Å². The van der Waals surface area contributed by atoms with Gasteiger partial charge in [0.05, 0.1) is 24.2 Å². The van der Waals surface area contributed by atoms with Gasteiger partial charge in [-0.1, -0.05) is 31.2 Å². The van der Waals surface area contributed by atoms with Crippen molar-refractivity contribution in [2.75, 3.05) is 26.7 Å². The Morgan fingerprint density at radius 2 is 1.87 bits per heavy atom. The fourth-order valence-corrected chi connectivity index (χ4v) is 4.32. The lowest BCUT2D eigenvalue weighted by molar-refractivity contribution is -0.121. The molecule has 0 spiro atoms. The molecule has 0 aliphatic carbocycles. The third-order valence-electron chi connectivity index (χ3n) is 5.93. The van der Waals surface area contributed by atoms with E-state index in [-0.39, 0.29) is 11.9 Å². The van der Waals surface area contributed by atoms with Crippen LogP contribution in [0, 0.1) is 0 Å². The zero-order valence-electron chi connectivity index (χ0n) is 17.8. The van der Waals surface area contributed by atoms with Crippen molar-refractivity contribution < 1.29 is 9.53 Å². The Balaban J connectivity index is 1.47. The summed E-state index contributed by atoms with van der Waals surface area (Å²) in [5.74, 6) is 1.81. The van der Waals surface area contributed by atoms with Crippen molar-refractivity contribution >= 4 is 16.9 Å². The second kappa shape index (κ2) is 9.30. The lowest BCUT2D eigenvalue weighted by atomic mass is 10.1. The van der Waals surface area contributed by atoms with Crippen LogP contribution in [0.4, 0.5) is 0 Å². The molecule has 0 bridgehead atoms. The van der Waals surface area contributed by atoms with Crippen LogP contribution in [0.15, 0.2) is 48.5 Å². The maximum absolute atomic E-state index is 12.9. The van der Waals surface area contributed by atoms with Crippen LogP contribution in [-0.2, 0) is 17.8 Å². The Morgan fingerprint density at radius 1 is 1.13 bits per heavy atom. The highest BCUT2D eigenvalue weighted by Crippen LogP contribution is 2.26. The summed E-state index contributed by atoms with van der Waals surface area (Å²) in [4.78, 5) is 20.0. The summed E-state index contributed by atoms with van der Waals surface area (Å²) in [5, 5.41) is 3.18. The third kappa shape index (κ3) is 4.33. The van der Waals surface area contributed by atoms with Gasteiger partial charge in [0.25, 0.3) is 0 Å². The van der Waals surface area contributed by atoms with E-state index in [4.69, 9.17) is 4.74 Å². The molecule has 1 aromatic heterocycles. The first-order valence-corrected chi connectivity index (χ1v) is 10.8. The normalized spacial score (nSPS) is 15.4. The van der Waals surface area contributed by atoms with Crippen molar-refractivity contribution in [2.24, 2.45) is 0 Å². The smallest absolute Gasteiger partial charge is 0.240 e. The van der Waals surface area contributed by atoms with Crippen LogP contribution in [0.5, 0.6) is 5.75 Å². The summed E-state index contributed by atoms with van der Waals surface area (Å²) >= 11 is 0. The monoisotopic (exact) mass is 406 g/mol. The quantitative estimate of drug-likeness (QED) is 0.621. The number of nitrogens with zero attached hydrogens (tertiary/aromatic N) is 3. The van der Waals surface area contributed by atoms with Gasteiger partial charge in [0.1, 0.15) is 18.1 Å². The van der Waals surface area contributed by atoms with Crippen molar-refractivity contribution in [2.45, 2.75) is 38.8 Å². The van der Waals surface area contributed by atoms with E-state index in [0.717, 1.165) is 42.1 Å². The number of para-hydroxylation sites is 2. The van der Waals surface area contributed by atoms with Crippen molar-refractivity contribution in [3.8, 4) is 5.75 Å². The number of aromatic nitrogens is 2. The highest BCUT2D eigenvalue weighted by molar-refractivity contribution is 5.81. The number of likely N-dealkylation sites (tertiary alicyclic amines) is 1. The zero-order chi connectivity index (χ0) is 20.9. The van der Waals surface area contributed by atoms with Gasteiger partial charge in [0.2, 0.25) is 5.91 Å². The molecule has 2 aromatic carbocycles. The number of hydrogen-bond acceptors (Lipinski definition) is 4. The van der Waals surface area contributed by atoms with Crippen LogP contribution >= 0.6 is 0 Å². The summed E-state index contributed by atoms with van der Waals surface area (Å²) in [6, 6.07) is 16.4. The minimum atomic E-state index is 0.0190. The Morgan fingerprint density at radius 3 is 2.57 bits per heavy atom. The number of rotatable bonds is 8. The minimum absolute atomic E-state index is 0.0190. The van der Waals surface area contributed by atoms with E-state index in [0.29, 0.717) is 13.1 Å². The van der Waals surface area contributed by atoms with Crippen LogP contribution < -0.4 is 10.1 Å². The number of fused-ring (bicyclic) bond motifs is 1. The Kier molecular flexibility index (Phi) is 6.33. The standard InChI is InChI=1S/C24H30N4O2/c1-3-23-26-20-8-4-5-9-21(20)28(23)17-24(29)25-16-22(27-14-6-7-15-27)18-10-12-19(30-2)13-11-18/h4-5,8-13,22H,3,6-7,14-17H2,1-2H3,(H,25,29)/t22-/m1/s1. The number of ether oxygens (including phenoxy) is 1. The van der Waals surface area contributed by atoms with Gasteiger partial charge in [-0.2, -0.15) is 0 Å². The fourth-order valence-electron chi connectivity index (χ4n) is 4.32. The molecule has 0 radical (unpaired) electrons. The van der Waals surface area contributed by atoms with Crippen LogP contribution in [0.3, 0.4) is 0 Å². The van der Waals surface area contributed by atoms with E-state index in [2.05, 4.69) is 34.3 Å². The van der Waals surface area contributed by atoms with Gasteiger partial charge in [-0.25, -0.2) is 4.98 Å². The van der Waals surface area contributed by atoms with E-state index in [9.17, 15) is 4.79 Å². The van der Waals surface area contributed by atoms with Gasteiger partial charge in [-0.05, 0) is 55.8 Å². The summed E-state index contributed by atoms with van der Waals surface area (Å²) in [6.07, 6.45) is 3.22. The van der Waals surface area contributed by atoms with Crippen molar-refractivity contribution in [3.63, 3.8) is 0 Å². The Labute approximate surface area is 177 Å². The third-order valence-corrected chi connectivity index (χ3v) is 5.93. The molecular formula is C24H30N4O2. The topological polar surface area (TPSA) is 59.4 Å². The number of hydrogen-bond donors (Lipinski definition) is 1. The molecule has 1 fully saturated rings. The zero-order valence-corrected chi connectivity index (χ0v) is 17.8. The molecule has 1 amide bonds. The molecule has 0 unspecified atom stereocenters. The van der Waals surface area contributed by atoms with Crippen molar-refractivity contribution in [3.05, 3.63) is 59.9 Å². The summed E-state index contributed by atoms with van der Waals surface area (Å²) in [6.45, 7) is 5.10. The number of carbonyl (C=O) groups is 1. The summed E-state index contributed by atoms with van der Waals surface area (Å²) in [7, 11) is 1.68. The number of amides is 1.